The Balaban J connectivity index is 1.75. The van der Waals surface area contributed by atoms with E-state index >= 15 is 0 Å². The van der Waals surface area contributed by atoms with Gasteiger partial charge in [0.05, 0.1) is 22.5 Å². The van der Waals surface area contributed by atoms with Crippen molar-refractivity contribution >= 4 is 41.1 Å². The van der Waals surface area contributed by atoms with Gasteiger partial charge >= 0.3 is 0 Å². The van der Waals surface area contributed by atoms with Gasteiger partial charge < -0.3 is 4.98 Å². The Morgan fingerprint density at radius 3 is 2.31 bits per heavy atom. The van der Waals surface area contributed by atoms with Crippen LogP contribution in [0.5, 0.6) is 0 Å². The van der Waals surface area contributed by atoms with Crippen LogP contribution in [0.2, 0.25) is 0 Å². The van der Waals surface area contributed by atoms with E-state index in [1.54, 1.807) is 16.0 Å². The molecule has 0 atom stereocenters. The van der Waals surface area contributed by atoms with Crippen LogP contribution in [0.3, 0.4) is 0 Å². The molecule has 6 aromatic rings. The highest BCUT2D eigenvalue weighted by Crippen LogP contribution is 2.30. The van der Waals surface area contributed by atoms with Crippen molar-refractivity contribution in [1.29, 1.82) is 0 Å². The second-order valence-corrected chi connectivity index (χ2v) is 8.93. The Morgan fingerprint density at radius 1 is 0.889 bits per heavy atom. The molecule has 36 heavy (non-hydrogen) atoms. The van der Waals surface area contributed by atoms with E-state index in [0.717, 1.165) is 22.3 Å². The summed E-state index contributed by atoms with van der Waals surface area (Å²) in [6.07, 6.45) is 0. The van der Waals surface area contributed by atoms with Crippen molar-refractivity contribution in [2.24, 2.45) is 0 Å². The van der Waals surface area contributed by atoms with Crippen LogP contribution >= 0.6 is 24.4 Å². The molecule has 0 aliphatic heterocycles. The van der Waals surface area contributed by atoms with E-state index in [9.17, 15) is 4.79 Å². The summed E-state index contributed by atoms with van der Waals surface area (Å²) in [4.78, 5) is 30.2. The van der Waals surface area contributed by atoms with Crippen LogP contribution in [0.1, 0.15) is 11.5 Å². The third-order valence-corrected chi connectivity index (χ3v) is 6.42. The lowest BCUT2D eigenvalue weighted by molar-refractivity contribution is 0.784. The second kappa shape index (κ2) is 8.40. The van der Waals surface area contributed by atoms with Gasteiger partial charge in [-0.3, -0.25) is 9.20 Å². The molecule has 2 aromatic carbocycles. The number of aromatic nitrogens is 8. The first-order valence-electron chi connectivity index (χ1n) is 11.1. The number of H-pyrrole nitrogens is 1. The molecule has 9 nitrogen and oxygen atoms in total. The van der Waals surface area contributed by atoms with Crippen LogP contribution in [0.25, 0.3) is 39.6 Å². The average molecular weight is 511 g/mol. The largest absolute Gasteiger partial charge is 0.316 e. The molecular formula is C25H18N8OS2. The number of nitrogens with zero attached hydrogens (tertiary/aromatic N) is 7. The van der Waals surface area contributed by atoms with Gasteiger partial charge in [0, 0.05) is 11.6 Å². The number of benzene rings is 2. The van der Waals surface area contributed by atoms with Gasteiger partial charge in [0.1, 0.15) is 11.5 Å². The highest BCUT2D eigenvalue weighted by atomic mass is 32.1. The first kappa shape index (κ1) is 22.1. The van der Waals surface area contributed by atoms with Gasteiger partial charge in [-0.25, -0.2) is 19.2 Å². The predicted octanol–water partition coefficient (Wildman–Crippen LogP) is 4.69. The first-order valence-corrected chi connectivity index (χ1v) is 11.9. The summed E-state index contributed by atoms with van der Waals surface area (Å²) in [5.74, 6) is 0.687. The number of hydrogen-bond donors (Lipinski definition) is 1. The summed E-state index contributed by atoms with van der Waals surface area (Å²) in [5, 5.41) is 5.56. The Bertz CT molecular complexity index is 1970. The number of nitrogens with one attached hydrogen (secondary N) is 1. The normalized spacial score (nSPS) is 11.4. The van der Waals surface area contributed by atoms with Crippen molar-refractivity contribution in [2.75, 3.05) is 0 Å². The van der Waals surface area contributed by atoms with Crippen molar-refractivity contribution in [3.8, 4) is 22.9 Å². The van der Waals surface area contributed by atoms with E-state index in [1.807, 2.05) is 67.6 Å². The topological polar surface area (TPSA) is 98.7 Å². The van der Waals surface area contributed by atoms with Gasteiger partial charge in [0.15, 0.2) is 15.2 Å². The summed E-state index contributed by atoms with van der Waals surface area (Å²) in [6, 6.07) is 20.9. The monoisotopic (exact) mass is 510 g/mol. The van der Waals surface area contributed by atoms with Crippen LogP contribution in [-0.2, 0) is 0 Å². The molecule has 176 valence electrons. The van der Waals surface area contributed by atoms with Crippen LogP contribution in [0, 0.1) is 23.4 Å². The molecule has 0 bridgehead atoms. The predicted molar refractivity (Wildman–Crippen MR) is 142 cm³/mol. The van der Waals surface area contributed by atoms with Crippen LogP contribution in [-0.4, -0.2) is 38.7 Å². The number of aromatic amines is 1. The lowest BCUT2D eigenvalue weighted by Gasteiger charge is -2.12. The van der Waals surface area contributed by atoms with E-state index in [1.165, 1.54) is 10.6 Å². The van der Waals surface area contributed by atoms with E-state index in [0.29, 0.717) is 22.8 Å². The van der Waals surface area contributed by atoms with Gasteiger partial charge in [-0.2, -0.15) is 10.1 Å². The van der Waals surface area contributed by atoms with Crippen molar-refractivity contribution < 1.29 is 0 Å². The molecule has 11 heteroatoms. The lowest BCUT2D eigenvalue weighted by atomic mass is 10.1. The Morgan fingerprint density at radius 2 is 1.58 bits per heavy atom. The molecular weight excluding hydrogens is 492 g/mol. The standard InChI is InChI=1S/C25H18N8OS2/c1-14-20-21(16-9-5-3-6-10-16)28-23(29-22(20)33(30-14)17-11-7-4-8-12-17)32-19(34)13-18-27-24(35)26-15(2)31(18)25(32)36/h3-13H,1-2H3,(H,27,35). The molecule has 0 spiro atoms. The Hall–Kier alpha value is -4.35. The van der Waals surface area contributed by atoms with Gasteiger partial charge in [-0.15, -0.1) is 0 Å². The quantitative estimate of drug-likeness (QED) is 0.345. The smallest absolute Gasteiger partial charge is 0.263 e. The summed E-state index contributed by atoms with van der Waals surface area (Å²) in [6.45, 7) is 3.69. The van der Waals surface area contributed by atoms with Crippen molar-refractivity contribution in [1.82, 2.24) is 38.7 Å². The third-order valence-electron chi connectivity index (χ3n) is 5.86. The summed E-state index contributed by atoms with van der Waals surface area (Å²) in [7, 11) is 0. The summed E-state index contributed by atoms with van der Waals surface area (Å²) < 4.78 is 5.15. The lowest BCUT2D eigenvalue weighted by Crippen LogP contribution is -2.24. The van der Waals surface area contributed by atoms with Crippen molar-refractivity contribution in [2.45, 2.75) is 13.8 Å². The molecule has 0 saturated heterocycles. The fourth-order valence-electron chi connectivity index (χ4n) is 4.29. The fraction of sp³-hybridized carbons (Fsp3) is 0.0800. The van der Waals surface area contributed by atoms with E-state index < -0.39 is 5.56 Å². The molecule has 0 aliphatic carbocycles. The molecule has 0 saturated carbocycles. The Kier molecular flexibility index (Phi) is 5.16. The van der Waals surface area contributed by atoms with E-state index in [-0.39, 0.29) is 15.5 Å². The average Bonchev–Trinajstić information content (AvgIpc) is 3.20. The SMILES string of the molecule is Cc1nn(-c2ccccc2)c2nc(-n3c(=O)cc4[nH]c(=S)nc(C)n4c3=S)nc(-c3ccccc3)c12. The van der Waals surface area contributed by atoms with Gasteiger partial charge in [-0.1, -0.05) is 48.5 Å². The summed E-state index contributed by atoms with van der Waals surface area (Å²) >= 11 is 10.9. The molecule has 0 fully saturated rings. The van der Waals surface area contributed by atoms with Gasteiger partial charge in [0.2, 0.25) is 5.95 Å². The maximum absolute atomic E-state index is 13.3. The fourth-order valence-corrected chi connectivity index (χ4v) is 4.93. The maximum atomic E-state index is 13.3. The molecule has 0 amide bonds. The summed E-state index contributed by atoms with van der Waals surface area (Å²) in [5.41, 5.74) is 3.76. The number of fused-ring (bicyclic) bond motifs is 2. The molecule has 6 rings (SSSR count). The zero-order valence-corrected chi connectivity index (χ0v) is 20.8. The van der Waals surface area contributed by atoms with Crippen LogP contribution in [0.4, 0.5) is 0 Å². The number of rotatable bonds is 3. The van der Waals surface area contributed by atoms with E-state index in [4.69, 9.17) is 39.5 Å². The second-order valence-electron chi connectivity index (χ2n) is 8.18. The number of para-hydroxylation sites is 1. The number of aryl methyl sites for hydroxylation is 2. The third kappa shape index (κ3) is 3.48. The van der Waals surface area contributed by atoms with Crippen molar-refractivity contribution in [3.63, 3.8) is 0 Å². The highest BCUT2D eigenvalue weighted by Gasteiger charge is 2.21. The molecule has 0 radical (unpaired) electrons. The molecule has 4 heterocycles. The van der Waals surface area contributed by atoms with Gasteiger partial charge in [-0.05, 0) is 50.4 Å². The molecule has 4 aromatic heterocycles. The zero-order valence-electron chi connectivity index (χ0n) is 19.2. The zero-order chi connectivity index (χ0) is 25.0. The number of hydrogen-bond acceptors (Lipinski definition) is 7. The molecule has 0 unspecified atom stereocenters. The Labute approximate surface area is 214 Å². The minimum Gasteiger partial charge on any atom is -0.316 e. The maximum Gasteiger partial charge on any atom is 0.263 e. The van der Waals surface area contributed by atoms with Gasteiger partial charge in [0.25, 0.3) is 5.56 Å². The molecule has 0 aliphatic rings. The minimum absolute atomic E-state index is 0.143. The van der Waals surface area contributed by atoms with E-state index in [2.05, 4.69) is 9.97 Å². The molecule has 1 N–H and O–H groups in total. The van der Waals surface area contributed by atoms with Crippen molar-refractivity contribution in [3.05, 3.63) is 98.1 Å². The van der Waals surface area contributed by atoms with Crippen LogP contribution in [0.15, 0.2) is 71.5 Å². The minimum atomic E-state index is -0.392. The first-order chi connectivity index (χ1) is 17.4. The highest BCUT2D eigenvalue weighted by molar-refractivity contribution is 7.71. The van der Waals surface area contributed by atoms with Crippen LogP contribution < -0.4 is 5.56 Å².